The number of aliphatic hydroxyl groups is 4. The number of hydrogen-bond acceptors (Lipinski definition) is 6. The van der Waals surface area contributed by atoms with Crippen LogP contribution in [0, 0.1) is 0 Å². The van der Waals surface area contributed by atoms with E-state index in [0.29, 0.717) is 19.6 Å². The van der Waals surface area contributed by atoms with Crippen LogP contribution in [0.15, 0.2) is 0 Å². The van der Waals surface area contributed by atoms with Crippen LogP contribution in [0.5, 0.6) is 0 Å². The molecule has 19 heavy (non-hydrogen) atoms. The van der Waals surface area contributed by atoms with Crippen LogP contribution in [0.25, 0.3) is 0 Å². The third kappa shape index (κ3) is 11.3. The minimum atomic E-state index is 0.0938. The van der Waals surface area contributed by atoms with Crippen LogP contribution >= 0.6 is 0 Å². The Labute approximate surface area is 116 Å². The second-order valence-electron chi connectivity index (χ2n) is 4.64. The summed E-state index contributed by atoms with van der Waals surface area (Å²) < 4.78 is 0. The van der Waals surface area contributed by atoms with Crippen LogP contribution in [-0.2, 0) is 0 Å². The topological polar surface area (TPSA) is 87.4 Å². The number of rotatable bonds is 14. The highest BCUT2D eigenvalue weighted by Crippen LogP contribution is 1.99. The Hall–Kier alpha value is -0.240. The fourth-order valence-corrected chi connectivity index (χ4v) is 2.00. The van der Waals surface area contributed by atoms with E-state index in [1.165, 1.54) is 0 Å². The Bertz CT molecular complexity index is 178. The molecule has 6 heteroatoms. The normalized spacial score (nSPS) is 11.7. The van der Waals surface area contributed by atoms with Crippen molar-refractivity contribution in [1.29, 1.82) is 0 Å². The summed E-state index contributed by atoms with van der Waals surface area (Å²) in [5.41, 5.74) is 0. The lowest BCUT2D eigenvalue weighted by Crippen LogP contribution is -2.39. The number of hydrogen-bond donors (Lipinski definition) is 4. The maximum atomic E-state index is 9.04. The molecule has 0 radical (unpaired) electrons. The van der Waals surface area contributed by atoms with Crippen molar-refractivity contribution in [3.63, 3.8) is 0 Å². The minimum absolute atomic E-state index is 0.0938. The van der Waals surface area contributed by atoms with Gasteiger partial charge in [-0.1, -0.05) is 0 Å². The summed E-state index contributed by atoms with van der Waals surface area (Å²) in [6, 6.07) is 0. The van der Waals surface area contributed by atoms with Crippen molar-refractivity contribution in [2.45, 2.75) is 19.3 Å². The van der Waals surface area contributed by atoms with Crippen LogP contribution < -0.4 is 0 Å². The molecule has 0 atom stereocenters. The largest absolute Gasteiger partial charge is 0.396 e. The van der Waals surface area contributed by atoms with Crippen molar-refractivity contribution in [3.8, 4) is 0 Å². The van der Waals surface area contributed by atoms with Gasteiger partial charge in [0.2, 0.25) is 0 Å². The zero-order valence-electron chi connectivity index (χ0n) is 11.9. The van der Waals surface area contributed by atoms with Gasteiger partial charge in [0.15, 0.2) is 0 Å². The lowest BCUT2D eigenvalue weighted by molar-refractivity contribution is 0.132. The average Bonchev–Trinajstić information content (AvgIpc) is 2.41. The van der Waals surface area contributed by atoms with Crippen molar-refractivity contribution in [3.05, 3.63) is 0 Å². The first-order chi connectivity index (χ1) is 9.28. The Balaban J connectivity index is 3.88. The van der Waals surface area contributed by atoms with Crippen molar-refractivity contribution < 1.29 is 20.4 Å². The first kappa shape index (κ1) is 18.8. The number of unbranched alkanes of at least 4 members (excludes halogenated alkanes) is 2. The zero-order chi connectivity index (χ0) is 14.3. The molecule has 0 aliphatic carbocycles. The summed E-state index contributed by atoms with van der Waals surface area (Å²) in [6.07, 6.45) is 2.84. The summed E-state index contributed by atoms with van der Waals surface area (Å²) in [5, 5.41) is 35.6. The second kappa shape index (κ2) is 14.2. The molecule has 0 aliphatic heterocycles. The van der Waals surface area contributed by atoms with E-state index < -0.39 is 0 Å². The molecule has 0 aliphatic rings. The quantitative estimate of drug-likeness (QED) is 0.296. The van der Waals surface area contributed by atoms with Crippen molar-refractivity contribution in [2.75, 3.05) is 65.7 Å². The molecule has 0 aromatic heterocycles. The van der Waals surface area contributed by atoms with Gasteiger partial charge in [-0.15, -0.1) is 0 Å². The van der Waals surface area contributed by atoms with Gasteiger partial charge in [0, 0.05) is 39.3 Å². The fraction of sp³-hybridized carbons (Fsp3) is 1.00. The number of aliphatic hydroxyl groups excluding tert-OH is 4. The molecule has 0 amide bonds. The van der Waals surface area contributed by atoms with Gasteiger partial charge in [0.1, 0.15) is 0 Å². The van der Waals surface area contributed by atoms with E-state index in [2.05, 4.69) is 4.90 Å². The molecule has 0 spiro atoms. The predicted octanol–water partition coefficient (Wildman–Crippen LogP) is -1.27. The standard InChI is InChI=1S/C13H30N2O4/c16-10-3-1-2-4-14(7-11-17)5-6-15(8-12-18)9-13-19/h16-19H,1-13H2. The van der Waals surface area contributed by atoms with Crippen LogP contribution in [0.3, 0.4) is 0 Å². The molecule has 4 N–H and O–H groups in total. The van der Waals surface area contributed by atoms with Crippen LogP contribution in [-0.4, -0.2) is 95.9 Å². The van der Waals surface area contributed by atoms with E-state index in [9.17, 15) is 0 Å². The van der Waals surface area contributed by atoms with Gasteiger partial charge in [-0.2, -0.15) is 0 Å². The van der Waals surface area contributed by atoms with Gasteiger partial charge in [-0.25, -0.2) is 0 Å². The molecule has 0 fully saturated rings. The zero-order valence-corrected chi connectivity index (χ0v) is 11.9. The Kier molecular flexibility index (Phi) is 14.0. The monoisotopic (exact) mass is 278 g/mol. The van der Waals surface area contributed by atoms with Gasteiger partial charge in [-0.05, 0) is 25.8 Å². The summed E-state index contributed by atoms with van der Waals surface area (Å²) >= 11 is 0. The summed E-state index contributed by atoms with van der Waals surface area (Å²) in [6.45, 7) is 4.85. The van der Waals surface area contributed by atoms with E-state index in [1.807, 2.05) is 4.90 Å². The SMILES string of the molecule is OCCCCCN(CCO)CCN(CCO)CCO. The summed E-state index contributed by atoms with van der Waals surface area (Å²) in [4.78, 5) is 4.19. The smallest absolute Gasteiger partial charge is 0.0558 e. The third-order valence-electron chi connectivity index (χ3n) is 3.11. The molecule has 116 valence electrons. The molecule has 6 nitrogen and oxygen atoms in total. The lowest BCUT2D eigenvalue weighted by Gasteiger charge is -2.26. The Morgan fingerprint density at radius 1 is 0.421 bits per heavy atom. The van der Waals surface area contributed by atoms with E-state index >= 15 is 0 Å². The van der Waals surface area contributed by atoms with Gasteiger partial charge in [0.05, 0.1) is 19.8 Å². The van der Waals surface area contributed by atoms with Crippen molar-refractivity contribution in [1.82, 2.24) is 9.80 Å². The Morgan fingerprint density at radius 3 is 1.32 bits per heavy atom. The summed E-state index contributed by atoms with van der Waals surface area (Å²) in [7, 11) is 0. The summed E-state index contributed by atoms with van der Waals surface area (Å²) in [5.74, 6) is 0. The van der Waals surface area contributed by atoms with Gasteiger partial charge >= 0.3 is 0 Å². The highest BCUT2D eigenvalue weighted by molar-refractivity contribution is 4.63. The fourth-order valence-electron chi connectivity index (χ4n) is 2.00. The second-order valence-corrected chi connectivity index (χ2v) is 4.64. The molecule has 0 heterocycles. The molecule has 0 bridgehead atoms. The van der Waals surface area contributed by atoms with Crippen LogP contribution in [0.1, 0.15) is 19.3 Å². The molecule has 0 saturated heterocycles. The molecular weight excluding hydrogens is 248 g/mol. The minimum Gasteiger partial charge on any atom is -0.396 e. The maximum absolute atomic E-state index is 9.04. The molecule has 0 unspecified atom stereocenters. The van der Waals surface area contributed by atoms with Crippen molar-refractivity contribution >= 4 is 0 Å². The maximum Gasteiger partial charge on any atom is 0.0558 e. The van der Waals surface area contributed by atoms with Crippen LogP contribution in [0.2, 0.25) is 0 Å². The van der Waals surface area contributed by atoms with E-state index in [0.717, 1.165) is 38.9 Å². The first-order valence-electron chi connectivity index (χ1n) is 7.16. The molecular formula is C13H30N2O4. The molecule has 0 aromatic carbocycles. The van der Waals surface area contributed by atoms with E-state index in [-0.39, 0.29) is 26.4 Å². The predicted molar refractivity (Wildman–Crippen MR) is 75.1 cm³/mol. The highest BCUT2D eigenvalue weighted by Gasteiger charge is 2.08. The average molecular weight is 278 g/mol. The van der Waals surface area contributed by atoms with Crippen LogP contribution in [0.4, 0.5) is 0 Å². The molecule has 0 rings (SSSR count). The number of nitrogens with zero attached hydrogens (tertiary/aromatic N) is 2. The molecule has 0 aromatic rings. The van der Waals surface area contributed by atoms with Crippen molar-refractivity contribution in [2.24, 2.45) is 0 Å². The van der Waals surface area contributed by atoms with E-state index in [4.69, 9.17) is 20.4 Å². The van der Waals surface area contributed by atoms with Gasteiger partial charge < -0.3 is 20.4 Å². The Morgan fingerprint density at radius 2 is 0.895 bits per heavy atom. The van der Waals surface area contributed by atoms with E-state index in [1.54, 1.807) is 0 Å². The van der Waals surface area contributed by atoms with Gasteiger partial charge in [0.25, 0.3) is 0 Å². The third-order valence-corrected chi connectivity index (χ3v) is 3.11. The molecule has 0 saturated carbocycles. The van der Waals surface area contributed by atoms with Gasteiger partial charge in [-0.3, -0.25) is 9.80 Å². The lowest BCUT2D eigenvalue weighted by atomic mass is 10.2. The first-order valence-corrected chi connectivity index (χ1v) is 7.16. The highest BCUT2D eigenvalue weighted by atomic mass is 16.3.